The minimum absolute atomic E-state index is 0.213. The Hall–Kier alpha value is -2.57. The average Bonchev–Trinajstić information content (AvgIpc) is 2.59. The first-order chi connectivity index (χ1) is 11.4. The van der Waals surface area contributed by atoms with Gasteiger partial charge in [0.25, 0.3) is 0 Å². The largest absolute Gasteiger partial charge is 0.459 e. The predicted molar refractivity (Wildman–Crippen MR) is 96.1 cm³/mol. The van der Waals surface area contributed by atoms with Gasteiger partial charge in [-0.25, -0.2) is 0 Å². The van der Waals surface area contributed by atoms with Crippen molar-refractivity contribution in [2.24, 2.45) is 11.7 Å². The minimum Gasteiger partial charge on any atom is -0.459 e. The van der Waals surface area contributed by atoms with Crippen LogP contribution in [-0.4, -0.2) is 11.5 Å². The average molecular weight is 321 g/mol. The fourth-order valence-corrected chi connectivity index (χ4v) is 2.10. The lowest BCUT2D eigenvalue weighted by atomic mass is 9.88. The van der Waals surface area contributed by atoms with E-state index in [9.17, 15) is 4.79 Å². The molecule has 2 N–H and O–H groups in total. The molecule has 0 bridgehead atoms. The van der Waals surface area contributed by atoms with Gasteiger partial charge in [-0.15, -0.1) is 0 Å². The van der Waals surface area contributed by atoms with Gasteiger partial charge in [-0.2, -0.15) is 0 Å². The molecule has 2 rings (SSSR count). The summed E-state index contributed by atoms with van der Waals surface area (Å²) in [6, 6.07) is 17.4. The van der Waals surface area contributed by atoms with E-state index in [1.54, 1.807) is 6.92 Å². The van der Waals surface area contributed by atoms with Crippen LogP contribution >= 0.6 is 0 Å². The zero-order valence-electron chi connectivity index (χ0n) is 14.4. The molecular formula is C21H23NO2. The third-order valence-electron chi connectivity index (χ3n) is 4.12. The molecule has 0 spiro atoms. The maximum absolute atomic E-state index is 12.3. The number of rotatable bonds is 4. The number of esters is 1. The van der Waals surface area contributed by atoms with Gasteiger partial charge in [0.15, 0.2) is 0 Å². The zero-order valence-corrected chi connectivity index (χ0v) is 14.4. The molecule has 0 fully saturated rings. The summed E-state index contributed by atoms with van der Waals surface area (Å²) in [6.45, 7) is 5.72. The molecule has 2 aromatic carbocycles. The molecule has 0 radical (unpaired) electrons. The van der Waals surface area contributed by atoms with Crippen molar-refractivity contribution in [1.29, 1.82) is 0 Å². The van der Waals surface area contributed by atoms with Gasteiger partial charge in [-0.1, -0.05) is 60.4 Å². The first-order valence-corrected chi connectivity index (χ1v) is 7.98. The van der Waals surface area contributed by atoms with Gasteiger partial charge in [0.05, 0.1) is 0 Å². The van der Waals surface area contributed by atoms with E-state index >= 15 is 0 Å². The molecule has 24 heavy (non-hydrogen) atoms. The lowest BCUT2D eigenvalue weighted by Crippen LogP contribution is -2.51. The Labute approximate surface area is 143 Å². The van der Waals surface area contributed by atoms with Gasteiger partial charge in [0, 0.05) is 11.5 Å². The summed E-state index contributed by atoms with van der Waals surface area (Å²) in [5.41, 5.74) is 8.00. The fourth-order valence-electron chi connectivity index (χ4n) is 2.10. The maximum Gasteiger partial charge on any atom is 0.327 e. The molecule has 0 unspecified atom stereocenters. The summed E-state index contributed by atoms with van der Waals surface area (Å²) in [5.74, 6) is 5.41. The SMILES string of the molecule is Cc1ccccc1C#C[C@@H](C)[C@](C)(N)C(=O)OCc1ccccc1. The van der Waals surface area contributed by atoms with Crippen LogP contribution in [-0.2, 0) is 16.1 Å². The van der Waals surface area contributed by atoms with E-state index in [0.717, 1.165) is 16.7 Å². The van der Waals surface area contributed by atoms with Gasteiger partial charge in [-0.3, -0.25) is 4.79 Å². The first-order valence-electron chi connectivity index (χ1n) is 7.98. The Bertz CT molecular complexity index is 754. The highest BCUT2D eigenvalue weighted by Gasteiger charge is 2.35. The van der Waals surface area contributed by atoms with Crippen LogP contribution < -0.4 is 5.73 Å². The summed E-state index contributed by atoms with van der Waals surface area (Å²) in [5, 5.41) is 0. The lowest BCUT2D eigenvalue weighted by Gasteiger charge is -2.25. The topological polar surface area (TPSA) is 52.3 Å². The van der Waals surface area contributed by atoms with Gasteiger partial charge >= 0.3 is 5.97 Å². The summed E-state index contributed by atoms with van der Waals surface area (Å²) < 4.78 is 5.36. The predicted octanol–water partition coefficient (Wildman–Crippen LogP) is 3.44. The molecule has 2 aromatic rings. The van der Waals surface area contributed by atoms with Crippen LogP contribution in [0.2, 0.25) is 0 Å². The summed E-state index contributed by atoms with van der Waals surface area (Å²) in [6.07, 6.45) is 0. The van der Waals surface area contributed by atoms with E-state index in [2.05, 4.69) is 11.8 Å². The number of hydrogen-bond donors (Lipinski definition) is 1. The van der Waals surface area contributed by atoms with Crippen LogP contribution in [0.3, 0.4) is 0 Å². The third kappa shape index (κ3) is 4.47. The molecule has 0 saturated heterocycles. The van der Waals surface area contributed by atoms with Crippen molar-refractivity contribution in [3.63, 3.8) is 0 Å². The highest BCUT2D eigenvalue weighted by Crippen LogP contribution is 2.17. The molecule has 0 aliphatic rings. The first kappa shape index (κ1) is 17.8. The molecule has 3 heteroatoms. The second-order valence-electron chi connectivity index (χ2n) is 6.15. The fraction of sp³-hybridized carbons (Fsp3) is 0.286. The number of benzene rings is 2. The van der Waals surface area contributed by atoms with Crippen LogP contribution in [0.25, 0.3) is 0 Å². The monoisotopic (exact) mass is 321 g/mol. The summed E-state index contributed by atoms with van der Waals surface area (Å²) >= 11 is 0. The molecule has 0 aromatic heterocycles. The molecule has 2 atom stereocenters. The number of aryl methyl sites for hydroxylation is 1. The Kier molecular flexibility index (Phi) is 5.78. The van der Waals surface area contributed by atoms with Crippen molar-refractivity contribution in [3.8, 4) is 11.8 Å². The van der Waals surface area contributed by atoms with Crippen LogP contribution in [0, 0.1) is 24.7 Å². The van der Waals surface area contributed by atoms with E-state index in [1.165, 1.54) is 0 Å². The number of carbonyl (C=O) groups is 1. The maximum atomic E-state index is 12.3. The van der Waals surface area contributed by atoms with E-state index in [4.69, 9.17) is 10.5 Å². The summed E-state index contributed by atoms with van der Waals surface area (Å²) in [7, 11) is 0. The molecule has 0 aliphatic carbocycles. The molecule has 124 valence electrons. The second kappa shape index (κ2) is 7.81. The van der Waals surface area contributed by atoms with E-state index in [-0.39, 0.29) is 12.5 Å². The van der Waals surface area contributed by atoms with Crippen LogP contribution in [0.5, 0.6) is 0 Å². The van der Waals surface area contributed by atoms with Crippen LogP contribution in [0.1, 0.15) is 30.5 Å². The standard InChI is InChI=1S/C21H23NO2/c1-16-9-7-8-12-19(16)14-13-17(2)21(3,22)20(23)24-15-18-10-5-4-6-11-18/h4-12,17H,15,22H2,1-3H3/t17-,21+/m1/s1. The number of hydrogen-bond acceptors (Lipinski definition) is 3. The normalized spacial score (nSPS) is 14.0. The van der Waals surface area contributed by atoms with Gasteiger partial charge < -0.3 is 10.5 Å². The van der Waals surface area contributed by atoms with Crippen molar-refractivity contribution in [1.82, 2.24) is 0 Å². The smallest absolute Gasteiger partial charge is 0.327 e. The highest BCUT2D eigenvalue weighted by molar-refractivity contribution is 5.81. The van der Waals surface area contributed by atoms with E-state index in [0.29, 0.717) is 0 Å². The van der Waals surface area contributed by atoms with Crippen LogP contribution in [0.15, 0.2) is 54.6 Å². The molecule has 3 nitrogen and oxygen atoms in total. The van der Waals surface area contributed by atoms with E-state index in [1.807, 2.05) is 68.4 Å². The van der Waals surface area contributed by atoms with Crippen molar-refractivity contribution < 1.29 is 9.53 Å². The molecule has 0 amide bonds. The van der Waals surface area contributed by atoms with Crippen molar-refractivity contribution in [3.05, 3.63) is 71.3 Å². The van der Waals surface area contributed by atoms with Crippen molar-refractivity contribution in [2.75, 3.05) is 0 Å². The van der Waals surface area contributed by atoms with Crippen molar-refractivity contribution >= 4 is 5.97 Å². The number of nitrogens with two attached hydrogens (primary N) is 1. The zero-order chi connectivity index (χ0) is 17.6. The second-order valence-corrected chi connectivity index (χ2v) is 6.15. The van der Waals surface area contributed by atoms with Gasteiger partial charge in [0.2, 0.25) is 0 Å². The molecule has 0 saturated carbocycles. The van der Waals surface area contributed by atoms with Crippen LogP contribution in [0.4, 0.5) is 0 Å². The molecular weight excluding hydrogens is 298 g/mol. The Morgan fingerprint density at radius 1 is 1.17 bits per heavy atom. The minimum atomic E-state index is -1.16. The van der Waals surface area contributed by atoms with Gasteiger partial charge in [-0.05, 0) is 38.0 Å². The molecule has 0 aliphatic heterocycles. The van der Waals surface area contributed by atoms with Crippen molar-refractivity contribution in [2.45, 2.75) is 32.9 Å². The lowest BCUT2D eigenvalue weighted by molar-refractivity contribution is -0.152. The Morgan fingerprint density at radius 2 is 1.79 bits per heavy atom. The Morgan fingerprint density at radius 3 is 2.46 bits per heavy atom. The molecule has 0 heterocycles. The number of carbonyl (C=O) groups excluding carboxylic acids is 1. The highest BCUT2D eigenvalue weighted by atomic mass is 16.5. The summed E-state index contributed by atoms with van der Waals surface area (Å²) in [4.78, 5) is 12.3. The number of ether oxygens (including phenoxy) is 1. The quantitative estimate of drug-likeness (QED) is 0.693. The van der Waals surface area contributed by atoms with Gasteiger partial charge in [0.1, 0.15) is 12.1 Å². The van der Waals surface area contributed by atoms with E-state index < -0.39 is 11.5 Å². The Balaban J connectivity index is 2.03. The third-order valence-corrected chi connectivity index (χ3v) is 4.12.